The summed E-state index contributed by atoms with van der Waals surface area (Å²) < 4.78 is 44.1. The summed E-state index contributed by atoms with van der Waals surface area (Å²) in [6.07, 6.45) is 0.193. The van der Waals surface area contributed by atoms with E-state index in [1.807, 2.05) is 0 Å². The molecule has 32 heavy (non-hydrogen) atoms. The van der Waals surface area contributed by atoms with Crippen molar-refractivity contribution in [1.29, 1.82) is 0 Å². The maximum atomic E-state index is 14.2. The molecular weight excluding hydrogens is 437 g/mol. The molecule has 0 saturated carbocycles. The van der Waals surface area contributed by atoms with Crippen LogP contribution in [0.5, 0.6) is 0 Å². The van der Waals surface area contributed by atoms with Crippen LogP contribution in [0.2, 0.25) is 0 Å². The van der Waals surface area contributed by atoms with Crippen LogP contribution in [0, 0.1) is 5.82 Å². The number of rotatable bonds is 8. The Hall–Kier alpha value is -2.82. The maximum Gasteiger partial charge on any atom is 0.256 e. The van der Waals surface area contributed by atoms with E-state index in [0.717, 1.165) is 19.2 Å². The summed E-state index contributed by atoms with van der Waals surface area (Å²) in [4.78, 5) is 27.0. The van der Waals surface area contributed by atoms with Gasteiger partial charge in [-0.3, -0.25) is 14.5 Å². The van der Waals surface area contributed by atoms with Crippen LogP contribution >= 0.6 is 0 Å². The molecule has 0 spiro atoms. The highest BCUT2D eigenvalue weighted by molar-refractivity contribution is 7.91. The van der Waals surface area contributed by atoms with Crippen LogP contribution in [-0.2, 0) is 19.4 Å². The average Bonchev–Trinajstić information content (AvgIpc) is 2.80. The number of sulfone groups is 1. The number of morpholine rings is 1. The lowest BCUT2D eigenvalue weighted by Crippen LogP contribution is -2.38. The number of anilines is 2. The predicted molar refractivity (Wildman–Crippen MR) is 119 cm³/mol. The monoisotopic (exact) mass is 463 g/mol. The number of hydrogen-bond donors (Lipinski definition) is 2. The van der Waals surface area contributed by atoms with Gasteiger partial charge in [0.25, 0.3) is 5.91 Å². The third-order valence-corrected chi connectivity index (χ3v) is 6.89. The fourth-order valence-corrected chi connectivity index (χ4v) is 4.37. The lowest BCUT2D eigenvalue weighted by molar-refractivity contribution is -0.116. The Balaban J connectivity index is 1.68. The average molecular weight is 464 g/mol. The molecule has 1 saturated heterocycles. The van der Waals surface area contributed by atoms with Gasteiger partial charge in [-0.2, -0.15) is 0 Å². The van der Waals surface area contributed by atoms with E-state index in [0.29, 0.717) is 19.8 Å². The third kappa shape index (κ3) is 6.12. The quantitative estimate of drug-likeness (QED) is 0.623. The number of halogens is 1. The van der Waals surface area contributed by atoms with Gasteiger partial charge in [-0.1, -0.05) is 19.1 Å². The van der Waals surface area contributed by atoms with Gasteiger partial charge < -0.3 is 15.4 Å². The number of benzene rings is 2. The van der Waals surface area contributed by atoms with Crippen LogP contribution in [0.25, 0.3) is 0 Å². The van der Waals surface area contributed by atoms with Crippen molar-refractivity contribution in [2.24, 2.45) is 0 Å². The van der Waals surface area contributed by atoms with Gasteiger partial charge in [0.1, 0.15) is 5.82 Å². The predicted octanol–water partition coefficient (Wildman–Crippen LogP) is 2.53. The molecular formula is C22H26FN3O5S. The smallest absolute Gasteiger partial charge is 0.256 e. The maximum absolute atomic E-state index is 14.2. The topological polar surface area (TPSA) is 105 Å². The SMILES string of the molecule is CCS(=O)(=O)c1ccccc1C(=O)Nc1ccc(F)c(NC(=O)CCN2CCOCC2)c1. The number of nitrogens with one attached hydrogen (secondary N) is 2. The number of carbonyl (C=O) groups is 2. The van der Waals surface area contributed by atoms with E-state index in [-0.39, 0.29) is 39.9 Å². The molecule has 1 aliphatic rings. The molecule has 172 valence electrons. The van der Waals surface area contributed by atoms with E-state index in [4.69, 9.17) is 4.74 Å². The van der Waals surface area contributed by atoms with Crippen molar-refractivity contribution in [3.05, 3.63) is 53.8 Å². The third-order valence-electron chi connectivity index (χ3n) is 5.10. The van der Waals surface area contributed by atoms with E-state index < -0.39 is 21.6 Å². The van der Waals surface area contributed by atoms with Crippen LogP contribution in [0.1, 0.15) is 23.7 Å². The number of carbonyl (C=O) groups excluding carboxylic acids is 2. The zero-order valence-electron chi connectivity index (χ0n) is 17.8. The van der Waals surface area contributed by atoms with E-state index >= 15 is 0 Å². The summed E-state index contributed by atoms with van der Waals surface area (Å²) >= 11 is 0. The Morgan fingerprint density at radius 2 is 1.81 bits per heavy atom. The van der Waals surface area contributed by atoms with Gasteiger partial charge in [0.15, 0.2) is 9.84 Å². The van der Waals surface area contributed by atoms with Crippen LogP contribution < -0.4 is 10.6 Å². The molecule has 0 aliphatic carbocycles. The highest BCUT2D eigenvalue weighted by Gasteiger charge is 2.21. The second-order valence-corrected chi connectivity index (χ2v) is 9.55. The first kappa shape index (κ1) is 23.8. The Labute approximate surface area is 186 Å². The van der Waals surface area contributed by atoms with Crippen molar-refractivity contribution in [3.63, 3.8) is 0 Å². The molecule has 3 rings (SSSR count). The summed E-state index contributed by atoms with van der Waals surface area (Å²) in [6.45, 7) is 4.78. The van der Waals surface area contributed by atoms with Gasteiger partial charge in [-0.15, -0.1) is 0 Å². The fourth-order valence-electron chi connectivity index (χ4n) is 3.28. The second-order valence-electron chi connectivity index (χ2n) is 7.30. The summed E-state index contributed by atoms with van der Waals surface area (Å²) in [5.74, 6) is -1.78. The van der Waals surface area contributed by atoms with Crippen molar-refractivity contribution < 1.29 is 27.1 Å². The second kappa shape index (κ2) is 10.7. The molecule has 0 atom stereocenters. The summed E-state index contributed by atoms with van der Waals surface area (Å²) in [5, 5.41) is 5.10. The summed E-state index contributed by atoms with van der Waals surface area (Å²) in [5.41, 5.74) is 0.155. The Morgan fingerprint density at radius 1 is 1.09 bits per heavy atom. The van der Waals surface area contributed by atoms with Crippen LogP contribution in [-0.4, -0.2) is 63.7 Å². The Bertz CT molecular complexity index is 1080. The van der Waals surface area contributed by atoms with Crippen LogP contribution in [0.4, 0.5) is 15.8 Å². The van der Waals surface area contributed by atoms with E-state index in [2.05, 4.69) is 15.5 Å². The normalized spacial score (nSPS) is 14.7. The molecule has 0 unspecified atom stereocenters. The van der Waals surface area contributed by atoms with E-state index in [9.17, 15) is 22.4 Å². The lowest BCUT2D eigenvalue weighted by atomic mass is 10.2. The van der Waals surface area contributed by atoms with Crippen molar-refractivity contribution >= 4 is 33.0 Å². The largest absolute Gasteiger partial charge is 0.379 e. The fraction of sp³-hybridized carbons (Fsp3) is 0.364. The number of amides is 2. The van der Waals surface area contributed by atoms with Gasteiger partial charge in [0, 0.05) is 31.7 Å². The van der Waals surface area contributed by atoms with Gasteiger partial charge >= 0.3 is 0 Å². The van der Waals surface area contributed by atoms with Crippen LogP contribution in [0.3, 0.4) is 0 Å². The first-order valence-corrected chi connectivity index (χ1v) is 12.0. The molecule has 0 aromatic heterocycles. The van der Waals surface area contributed by atoms with Crippen molar-refractivity contribution in [1.82, 2.24) is 4.90 Å². The molecule has 1 aliphatic heterocycles. The minimum atomic E-state index is -3.60. The molecule has 2 aromatic carbocycles. The zero-order chi connectivity index (χ0) is 23.1. The number of nitrogens with zero attached hydrogens (tertiary/aromatic N) is 1. The summed E-state index contributed by atoms with van der Waals surface area (Å²) in [6, 6.07) is 9.66. The Kier molecular flexibility index (Phi) is 7.94. The van der Waals surface area contributed by atoms with Gasteiger partial charge in [-0.05, 0) is 30.3 Å². The molecule has 2 amide bonds. The zero-order valence-corrected chi connectivity index (χ0v) is 18.6. The number of ether oxygens (including phenoxy) is 1. The van der Waals surface area contributed by atoms with Crippen molar-refractivity contribution in [2.75, 3.05) is 49.2 Å². The molecule has 10 heteroatoms. The molecule has 1 fully saturated rings. The van der Waals surface area contributed by atoms with Crippen molar-refractivity contribution in [3.8, 4) is 0 Å². The number of hydrogen-bond acceptors (Lipinski definition) is 6. The Morgan fingerprint density at radius 3 is 2.53 bits per heavy atom. The molecule has 0 bridgehead atoms. The first-order chi connectivity index (χ1) is 15.3. The highest BCUT2D eigenvalue weighted by Crippen LogP contribution is 2.22. The summed E-state index contributed by atoms with van der Waals surface area (Å²) in [7, 11) is -3.60. The van der Waals surface area contributed by atoms with Crippen LogP contribution in [0.15, 0.2) is 47.4 Å². The first-order valence-electron chi connectivity index (χ1n) is 10.3. The minimum absolute atomic E-state index is 0.00484. The molecule has 8 nitrogen and oxygen atoms in total. The minimum Gasteiger partial charge on any atom is -0.379 e. The molecule has 2 N–H and O–H groups in total. The molecule has 0 radical (unpaired) electrons. The van der Waals surface area contributed by atoms with Gasteiger partial charge in [0.05, 0.1) is 35.1 Å². The highest BCUT2D eigenvalue weighted by atomic mass is 32.2. The van der Waals surface area contributed by atoms with E-state index in [1.165, 1.54) is 31.2 Å². The molecule has 1 heterocycles. The lowest BCUT2D eigenvalue weighted by Gasteiger charge is -2.26. The van der Waals surface area contributed by atoms with Gasteiger partial charge in [-0.25, -0.2) is 12.8 Å². The standard InChI is InChI=1S/C22H26FN3O5S/c1-2-32(29,30)20-6-4-3-5-17(20)22(28)24-16-7-8-18(23)19(15-16)25-21(27)9-10-26-11-13-31-14-12-26/h3-8,15H,2,9-14H2,1H3,(H,24,28)(H,25,27). The molecule has 2 aromatic rings. The van der Waals surface area contributed by atoms with Crippen molar-refractivity contribution in [2.45, 2.75) is 18.2 Å². The van der Waals surface area contributed by atoms with Gasteiger partial charge in [0.2, 0.25) is 5.91 Å². The van der Waals surface area contributed by atoms with E-state index in [1.54, 1.807) is 12.1 Å².